The largest absolute Gasteiger partial charge is 0.403 e. The van der Waals surface area contributed by atoms with Crippen LogP contribution in [0.25, 0.3) is 11.3 Å². The molecule has 1 aliphatic heterocycles. The Labute approximate surface area is 128 Å². The van der Waals surface area contributed by atoms with E-state index in [1.165, 1.54) is 0 Å². The molecule has 7 heteroatoms. The first-order chi connectivity index (χ1) is 10.1. The van der Waals surface area contributed by atoms with Gasteiger partial charge in [0.25, 0.3) is 0 Å². The van der Waals surface area contributed by atoms with Gasteiger partial charge in [-0.2, -0.15) is 0 Å². The first-order valence-corrected chi connectivity index (χ1v) is 6.92. The molecular formula is C14H11BrN3O3+. The van der Waals surface area contributed by atoms with E-state index in [-0.39, 0.29) is 12.5 Å². The van der Waals surface area contributed by atoms with E-state index >= 15 is 0 Å². The van der Waals surface area contributed by atoms with Crippen molar-refractivity contribution in [2.24, 2.45) is 0 Å². The van der Waals surface area contributed by atoms with Gasteiger partial charge in [-0.15, -0.1) is 0 Å². The minimum absolute atomic E-state index is 0.0366. The van der Waals surface area contributed by atoms with E-state index in [1.807, 2.05) is 24.3 Å². The molecule has 0 atom stereocenters. The summed E-state index contributed by atoms with van der Waals surface area (Å²) in [5.41, 5.74) is 0.884. The third kappa shape index (κ3) is 2.47. The number of hydrazone groups is 1. The van der Waals surface area contributed by atoms with Gasteiger partial charge in [0.15, 0.2) is 6.72 Å². The smallest absolute Gasteiger partial charge is 0.402 e. The highest BCUT2D eigenvalue weighted by atomic mass is 79.9. The molecule has 1 aromatic heterocycles. The number of carbonyl (C=O) groups excluding carboxylic acids is 2. The molecule has 21 heavy (non-hydrogen) atoms. The van der Waals surface area contributed by atoms with Gasteiger partial charge >= 0.3 is 17.8 Å². The van der Waals surface area contributed by atoms with Crippen LogP contribution in [0.3, 0.4) is 0 Å². The quantitative estimate of drug-likeness (QED) is 0.526. The Morgan fingerprint density at radius 3 is 2.52 bits per heavy atom. The summed E-state index contributed by atoms with van der Waals surface area (Å²) in [6.07, 6.45) is 0. The molecule has 1 fully saturated rings. The third-order valence-electron chi connectivity index (χ3n) is 3.04. The van der Waals surface area contributed by atoms with Crippen LogP contribution in [0.5, 0.6) is 0 Å². The lowest BCUT2D eigenvalue weighted by molar-refractivity contribution is -0.579. The average Bonchev–Trinajstić information content (AvgIpc) is 3.07. The van der Waals surface area contributed by atoms with Gasteiger partial charge in [0.1, 0.15) is 12.3 Å². The summed E-state index contributed by atoms with van der Waals surface area (Å²) < 4.78 is 7.77. The number of amides is 3. The molecule has 1 aliphatic rings. The van der Waals surface area contributed by atoms with Crippen LogP contribution in [0.1, 0.15) is 0 Å². The maximum Gasteiger partial charge on any atom is 0.402 e. The fourth-order valence-electron chi connectivity index (χ4n) is 1.99. The van der Waals surface area contributed by atoms with E-state index < -0.39 is 6.03 Å². The Kier molecular flexibility index (Phi) is 3.34. The van der Waals surface area contributed by atoms with Gasteiger partial charge in [0.2, 0.25) is 0 Å². The fourth-order valence-corrected chi connectivity index (χ4v) is 2.26. The van der Waals surface area contributed by atoms with Crippen LogP contribution in [-0.4, -0.2) is 34.9 Å². The molecule has 2 aromatic rings. The van der Waals surface area contributed by atoms with E-state index in [0.717, 1.165) is 19.7 Å². The Morgan fingerprint density at radius 2 is 1.90 bits per heavy atom. The van der Waals surface area contributed by atoms with E-state index in [0.29, 0.717) is 11.6 Å². The normalized spacial score (nSPS) is 14.4. The van der Waals surface area contributed by atoms with Crippen molar-refractivity contribution in [3.8, 4) is 11.3 Å². The zero-order valence-electron chi connectivity index (χ0n) is 10.9. The number of nitrogens with zero attached hydrogens (tertiary/aromatic N) is 2. The number of hydrazine groups is 1. The van der Waals surface area contributed by atoms with E-state index in [9.17, 15) is 9.59 Å². The van der Waals surface area contributed by atoms with Crippen molar-refractivity contribution >= 4 is 40.5 Å². The highest BCUT2D eigenvalue weighted by molar-refractivity contribution is 9.10. The lowest BCUT2D eigenvalue weighted by Crippen LogP contribution is -2.37. The van der Waals surface area contributed by atoms with Gasteiger partial charge in [-0.25, -0.2) is 4.79 Å². The van der Waals surface area contributed by atoms with Crippen molar-refractivity contribution < 1.29 is 18.7 Å². The number of hydrogen-bond donors (Lipinski definition) is 1. The Morgan fingerprint density at radius 1 is 1.19 bits per heavy atom. The van der Waals surface area contributed by atoms with Crippen LogP contribution in [0.4, 0.5) is 10.7 Å². The monoisotopic (exact) mass is 348 g/mol. The second-order valence-electron chi connectivity index (χ2n) is 4.41. The second-order valence-corrected chi connectivity index (χ2v) is 5.32. The third-order valence-corrected chi connectivity index (χ3v) is 3.56. The molecule has 106 valence electrons. The summed E-state index contributed by atoms with van der Waals surface area (Å²) >= 11 is 3.37. The Balaban J connectivity index is 1.88. The molecule has 0 bridgehead atoms. The van der Waals surface area contributed by atoms with E-state index in [1.54, 1.807) is 12.1 Å². The van der Waals surface area contributed by atoms with Gasteiger partial charge in [-0.05, 0) is 27.9 Å². The number of rotatable bonds is 3. The zero-order chi connectivity index (χ0) is 15.0. The number of imide groups is 1. The highest BCUT2D eigenvalue weighted by Gasteiger charge is 2.39. The second kappa shape index (κ2) is 5.17. The van der Waals surface area contributed by atoms with Crippen LogP contribution >= 0.6 is 15.9 Å². The van der Waals surface area contributed by atoms with Gasteiger partial charge in [0.05, 0.1) is 6.07 Å². The highest BCUT2D eigenvalue weighted by Crippen LogP contribution is 2.28. The number of hydrogen-bond acceptors (Lipinski definition) is 3. The first-order valence-electron chi connectivity index (χ1n) is 6.13. The van der Waals surface area contributed by atoms with Crippen molar-refractivity contribution in [3.63, 3.8) is 0 Å². The van der Waals surface area contributed by atoms with E-state index in [2.05, 4.69) is 28.0 Å². The Bertz CT molecular complexity index is 720. The van der Waals surface area contributed by atoms with Crippen molar-refractivity contribution in [1.29, 1.82) is 0 Å². The molecular weight excluding hydrogens is 338 g/mol. The van der Waals surface area contributed by atoms with Gasteiger partial charge < -0.3 is 9.73 Å². The molecule has 0 aliphatic carbocycles. The maximum absolute atomic E-state index is 11.6. The minimum atomic E-state index is -0.517. The van der Waals surface area contributed by atoms with Crippen LogP contribution in [0, 0.1) is 0 Å². The lowest BCUT2D eigenvalue weighted by atomic mass is 10.2. The summed E-state index contributed by atoms with van der Waals surface area (Å²) in [4.78, 5) is 23.2. The van der Waals surface area contributed by atoms with Gasteiger partial charge in [0, 0.05) is 10.0 Å². The molecule has 6 nitrogen and oxygen atoms in total. The molecule has 3 rings (SSSR count). The van der Waals surface area contributed by atoms with Gasteiger partial charge in [-0.3, -0.25) is 4.79 Å². The number of carbonyl (C=O) groups is 2. The van der Waals surface area contributed by atoms with Crippen molar-refractivity contribution in [2.75, 3.05) is 6.54 Å². The molecule has 3 amide bonds. The predicted molar refractivity (Wildman–Crippen MR) is 79.1 cm³/mol. The molecule has 1 saturated heterocycles. The van der Waals surface area contributed by atoms with E-state index in [4.69, 9.17) is 4.42 Å². The van der Waals surface area contributed by atoms with Crippen LogP contribution < -0.4 is 5.32 Å². The number of urea groups is 1. The molecule has 0 radical (unpaired) electrons. The van der Waals surface area contributed by atoms with Crippen LogP contribution in [-0.2, 0) is 4.79 Å². The first kappa shape index (κ1) is 13.6. The SMILES string of the molecule is C=[N+](c1ccc(-c2ccc(Br)cc2)o1)N1C(=O)CNC1=O. The van der Waals surface area contributed by atoms with Crippen molar-refractivity contribution in [2.45, 2.75) is 0 Å². The summed E-state index contributed by atoms with van der Waals surface area (Å²) in [7, 11) is 0. The number of furan rings is 1. The summed E-state index contributed by atoms with van der Waals surface area (Å²) in [6, 6.07) is 10.5. The number of benzene rings is 1. The number of halogens is 1. The lowest BCUT2D eigenvalue weighted by Gasteiger charge is -2.04. The topological polar surface area (TPSA) is 65.6 Å². The van der Waals surface area contributed by atoms with Crippen LogP contribution in [0.15, 0.2) is 45.3 Å². The van der Waals surface area contributed by atoms with Crippen molar-refractivity contribution in [3.05, 3.63) is 40.9 Å². The molecule has 2 heterocycles. The summed E-state index contributed by atoms with van der Waals surface area (Å²) in [6.45, 7) is 3.65. The standard InChI is InChI=1S/C14H10BrN3O3/c1-17(18-12(19)8-16-14(18)20)13-7-6-11(21-13)9-2-4-10(15)5-3-9/h2-7H,1,8H2/p+1. The van der Waals surface area contributed by atoms with Crippen molar-refractivity contribution in [1.82, 2.24) is 10.3 Å². The fraction of sp³-hybridized carbons (Fsp3) is 0.0714. The molecule has 1 aromatic carbocycles. The maximum atomic E-state index is 11.6. The molecule has 1 N–H and O–H groups in total. The van der Waals surface area contributed by atoms with Gasteiger partial charge in [-0.1, -0.05) is 28.1 Å². The van der Waals surface area contributed by atoms with Crippen LogP contribution in [0.2, 0.25) is 0 Å². The summed E-state index contributed by atoms with van der Waals surface area (Å²) in [5, 5.41) is 3.33. The molecule has 0 spiro atoms. The molecule has 0 saturated carbocycles. The average molecular weight is 349 g/mol. The Hall–Kier alpha value is -2.41. The molecule has 0 unspecified atom stereocenters. The number of nitrogens with one attached hydrogen (secondary N) is 1. The summed E-state index contributed by atoms with van der Waals surface area (Å²) in [5.74, 6) is 0.549. The predicted octanol–water partition coefficient (Wildman–Crippen LogP) is 2.52. The zero-order valence-corrected chi connectivity index (χ0v) is 12.5. The minimum Gasteiger partial charge on any atom is -0.403 e.